The lowest BCUT2D eigenvalue weighted by molar-refractivity contribution is 0.0980. The number of halogens is 1. The van der Waals surface area contributed by atoms with E-state index in [1.165, 1.54) is 29.8 Å². The van der Waals surface area contributed by atoms with Crippen molar-refractivity contribution in [3.63, 3.8) is 0 Å². The zero-order valence-electron chi connectivity index (χ0n) is 13.1. The first-order valence-corrected chi connectivity index (χ1v) is 7.65. The minimum Gasteiger partial charge on any atom is -0.309 e. The van der Waals surface area contributed by atoms with Crippen molar-refractivity contribution in [2.24, 2.45) is 5.92 Å². The first-order chi connectivity index (χ1) is 10.6. The normalized spacial score (nSPS) is 12.4. The molecule has 2 rings (SSSR count). The standard InChI is InChI=1S/C19H22FNO/c1-14(2)19(16-6-4-3-5-7-16)21-13-12-18(22)15-8-10-17(20)11-9-15/h3-11,14,19,21H,12-13H2,1-2H3. The van der Waals surface area contributed by atoms with Crippen molar-refractivity contribution in [3.05, 3.63) is 71.5 Å². The fourth-order valence-corrected chi connectivity index (χ4v) is 2.52. The van der Waals surface area contributed by atoms with Crippen molar-refractivity contribution in [3.8, 4) is 0 Å². The summed E-state index contributed by atoms with van der Waals surface area (Å²) in [5, 5.41) is 3.45. The Balaban J connectivity index is 1.91. The molecular weight excluding hydrogens is 277 g/mol. The average Bonchev–Trinajstić information content (AvgIpc) is 2.52. The molecule has 0 fully saturated rings. The minimum absolute atomic E-state index is 0.0306. The molecule has 1 atom stereocenters. The van der Waals surface area contributed by atoms with Crippen molar-refractivity contribution < 1.29 is 9.18 Å². The van der Waals surface area contributed by atoms with Crippen molar-refractivity contribution in [2.45, 2.75) is 26.3 Å². The maximum atomic E-state index is 12.9. The molecule has 0 saturated heterocycles. The molecule has 2 nitrogen and oxygen atoms in total. The van der Waals surface area contributed by atoms with E-state index in [2.05, 4.69) is 31.3 Å². The number of benzene rings is 2. The molecule has 0 heterocycles. The largest absolute Gasteiger partial charge is 0.309 e. The highest BCUT2D eigenvalue weighted by atomic mass is 19.1. The van der Waals surface area contributed by atoms with Crippen LogP contribution in [0.25, 0.3) is 0 Å². The monoisotopic (exact) mass is 299 g/mol. The van der Waals surface area contributed by atoms with Crippen LogP contribution in [0.5, 0.6) is 0 Å². The number of ketones is 1. The van der Waals surface area contributed by atoms with E-state index in [4.69, 9.17) is 0 Å². The van der Waals surface area contributed by atoms with Crippen LogP contribution in [-0.2, 0) is 0 Å². The molecule has 0 aliphatic rings. The number of rotatable bonds is 7. The van der Waals surface area contributed by atoms with E-state index in [1.54, 1.807) is 0 Å². The lowest BCUT2D eigenvalue weighted by Gasteiger charge is -2.23. The third kappa shape index (κ3) is 4.50. The molecule has 1 unspecified atom stereocenters. The predicted octanol–water partition coefficient (Wildman–Crippen LogP) is 4.39. The third-order valence-corrected chi connectivity index (χ3v) is 3.71. The van der Waals surface area contributed by atoms with E-state index in [0.717, 1.165) is 0 Å². The Hall–Kier alpha value is -2.00. The lowest BCUT2D eigenvalue weighted by atomic mass is 9.96. The predicted molar refractivity (Wildman–Crippen MR) is 87.4 cm³/mol. The van der Waals surface area contributed by atoms with Crippen molar-refractivity contribution >= 4 is 5.78 Å². The second-order valence-electron chi connectivity index (χ2n) is 5.77. The first-order valence-electron chi connectivity index (χ1n) is 7.65. The Morgan fingerprint density at radius 2 is 1.68 bits per heavy atom. The SMILES string of the molecule is CC(C)C(NCCC(=O)c1ccc(F)cc1)c1ccccc1. The smallest absolute Gasteiger partial charge is 0.164 e. The highest BCUT2D eigenvalue weighted by Crippen LogP contribution is 2.21. The minimum atomic E-state index is -0.321. The number of hydrogen-bond donors (Lipinski definition) is 1. The van der Waals surface area contributed by atoms with Crippen molar-refractivity contribution in [2.75, 3.05) is 6.54 Å². The molecule has 1 N–H and O–H groups in total. The van der Waals surface area contributed by atoms with E-state index in [-0.39, 0.29) is 17.6 Å². The number of nitrogens with one attached hydrogen (secondary N) is 1. The summed E-state index contributed by atoms with van der Waals surface area (Å²) in [7, 11) is 0. The third-order valence-electron chi connectivity index (χ3n) is 3.71. The second kappa shape index (κ2) is 7.85. The molecule has 0 spiro atoms. The molecule has 2 aromatic rings. The van der Waals surface area contributed by atoms with E-state index < -0.39 is 0 Å². The van der Waals surface area contributed by atoms with Gasteiger partial charge in [0.05, 0.1) is 0 Å². The van der Waals surface area contributed by atoms with Crippen LogP contribution in [0.4, 0.5) is 4.39 Å². The molecule has 116 valence electrons. The van der Waals surface area contributed by atoms with Crippen LogP contribution in [0.3, 0.4) is 0 Å². The van der Waals surface area contributed by atoms with Gasteiger partial charge in [0.25, 0.3) is 0 Å². The van der Waals surface area contributed by atoms with Gasteiger partial charge in [-0.25, -0.2) is 4.39 Å². The molecular formula is C19H22FNO. The van der Waals surface area contributed by atoms with Gasteiger partial charge in [-0.2, -0.15) is 0 Å². The van der Waals surface area contributed by atoms with Gasteiger partial charge in [-0.1, -0.05) is 44.2 Å². The molecule has 2 aromatic carbocycles. The Morgan fingerprint density at radius 1 is 1.05 bits per heavy atom. The molecule has 0 saturated carbocycles. The summed E-state index contributed by atoms with van der Waals surface area (Å²) in [4.78, 5) is 12.1. The quantitative estimate of drug-likeness (QED) is 0.768. The Kier molecular flexibility index (Phi) is 5.84. The van der Waals surface area contributed by atoms with Crippen LogP contribution in [0, 0.1) is 11.7 Å². The highest BCUT2D eigenvalue weighted by Gasteiger charge is 2.15. The van der Waals surface area contributed by atoms with Crippen molar-refractivity contribution in [1.29, 1.82) is 0 Å². The van der Waals surface area contributed by atoms with E-state index in [0.29, 0.717) is 24.4 Å². The maximum absolute atomic E-state index is 12.9. The summed E-state index contributed by atoms with van der Waals surface area (Å²) in [6.07, 6.45) is 0.404. The van der Waals surface area contributed by atoms with E-state index in [9.17, 15) is 9.18 Å². The second-order valence-corrected chi connectivity index (χ2v) is 5.77. The number of Topliss-reactive ketones (excluding diaryl/α,β-unsaturated/α-hetero) is 1. The Morgan fingerprint density at radius 3 is 2.27 bits per heavy atom. The fourth-order valence-electron chi connectivity index (χ4n) is 2.52. The molecule has 3 heteroatoms. The molecule has 0 bridgehead atoms. The molecule has 0 amide bonds. The molecule has 0 radical (unpaired) electrons. The van der Waals surface area contributed by atoms with Crippen LogP contribution in [0.2, 0.25) is 0 Å². The number of hydrogen-bond acceptors (Lipinski definition) is 2. The van der Waals surface area contributed by atoms with E-state index >= 15 is 0 Å². The van der Waals surface area contributed by atoms with Crippen molar-refractivity contribution in [1.82, 2.24) is 5.32 Å². The first kappa shape index (κ1) is 16.4. The van der Waals surface area contributed by atoms with Gasteiger partial charge >= 0.3 is 0 Å². The Labute approximate surface area is 131 Å². The van der Waals surface area contributed by atoms with Gasteiger partial charge in [0.1, 0.15) is 5.82 Å². The fraction of sp³-hybridized carbons (Fsp3) is 0.316. The zero-order valence-corrected chi connectivity index (χ0v) is 13.1. The van der Waals surface area contributed by atoms with Crippen LogP contribution in [0.15, 0.2) is 54.6 Å². The average molecular weight is 299 g/mol. The van der Waals surface area contributed by atoms with Crippen LogP contribution >= 0.6 is 0 Å². The van der Waals surface area contributed by atoms with Crippen LogP contribution < -0.4 is 5.32 Å². The van der Waals surface area contributed by atoms with Crippen LogP contribution in [0.1, 0.15) is 42.2 Å². The van der Waals surface area contributed by atoms with Gasteiger partial charge in [0.15, 0.2) is 5.78 Å². The van der Waals surface area contributed by atoms with Gasteiger partial charge in [-0.05, 0) is 35.7 Å². The summed E-state index contributed by atoms with van der Waals surface area (Å²) in [6, 6.07) is 16.2. The zero-order chi connectivity index (χ0) is 15.9. The maximum Gasteiger partial charge on any atom is 0.164 e. The molecule has 22 heavy (non-hydrogen) atoms. The Bertz CT molecular complexity index is 593. The number of carbonyl (C=O) groups is 1. The lowest BCUT2D eigenvalue weighted by Crippen LogP contribution is -2.28. The van der Waals surface area contributed by atoms with Crippen LogP contribution in [-0.4, -0.2) is 12.3 Å². The van der Waals surface area contributed by atoms with E-state index in [1.807, 2.05) is 18.2 Å². The van der Waals surface area contributed by atoms with Gasteiger partial charge in [-0.15, -0.1) is 0 Å². The molecule has 0 aliphatic carbocycles. The summed E-state index contributed by atoms with van der Waals surface area (Å²) >= 11 is 0. The molecule has 0 aliphatic heterocycles. The van der Waals surface area contributed by atoms with Gasteiger partial charge < -0.3 is 5.32 Å². The highest BCUT2D eigenvalue weighted by molar-refractivity contribution is 5.96. The summed E-state index contributed by atoms with van der Waals surface area (Å²) in [5.74, 6) is 0.144. The summed E-state index contributed by atoms with van der Waals surface area (Å²) in [6.45, 7) is 4.92. The summed E-state index contributed by atoms with van der Waals surface area (Å²) < 4.78 is 12.9. The summed E-state index contributed by atoms with van der Waals surface area (Å²) in [5.41, 5.74) is 1.79. The van der Waals surface area contributed by atoms with Gasteiger partial charge in [0.2, 0.25) is 0 Å². The number of carbonyl (C=O) groups excluding carboxylic acids is 1. The van der Waals surface area contributed by atoms with Gasteiger partial charge in [0, 0.05) is 24.6 Å². The van der Waals surface area contributed by atoms with Gasteiger partial charge in [-0.3, -0.25) is 4.79 Å². The molecule has 0 aromatic heterocycles. The topological polar surface area (TPSA) is 29.1 Å².